The number of aryl methyl sites for hydroxylation is 1. The van der Waals surface area contributed by atoms with Crippen LogP contribution in [0.3, 0.4) is 0 Å². The van der Waals surface area contributed by atoms with E-state index < -0.39 is 0 Å². The molecule has 0 fully saturated rings. The van der Waals surface area contributed by atoms with Gasteiger partial charge in [0.25, 0.3) is 0 Å². The maximum atomic E-state index is 5.45. The predicted molar refractivity (Wildman–Crippen MR) is 68.5 cm³/mol. The van der Waals surface area contributed by atoms with Gasteiger partial charge < -0.3 is 9.15 Å². The first-order chi connectivity index (χ1) is 8.76. The van der Waals surface area contributed by atoms with Crippen LogP contribution in [0.1, 0.15) is 5.89 Å². The lowest BCUT2D eigenvalue weighted by Crippen LogP contribution is -1.87. The molecule has 0 spiro atoms. The minimum absolute atomic E-state index is 0.608. The van der Waals surface area contributed by atoms with Crippen molar-refractivity contribution in [3.63, 3.8) is 0 Å². The maximum absolute atomic E-state index is 5.45. The molecule has 4 heteroatoms. The van der Waals surface area contributed by atoms with Gasteiger partial charge in [-0.2, -0.15) is 0 Å². The van der Waals surface area contributed by atoms with Crippen LogP contribution in [0.4, 0.5) is 0 Å². The van der Waals surface area contributed by atoms with Crippen molar-refractivity contribution in [1.29, 1.82) is 0 Å². The van der Waals surface area contributed by atoms with Crippen LogP contribution < -0.4 is 4.74 Å². The summed E-state index contributed by atoms with van der Waals surface area (Å²) >= 11 is 0. The minimum Gasteiger partial charge on any atom is -0.481 e. The molecule has 3 rings (SSSR count). The van der Waals surface area contributed by atoms with E-state index in [1.54, 1.807) is 13.3 Å². The fourth-order valence-corrected chi connectivity index (χ4v) is 1.89. The Kier molecular flexibility index (Phi) is 2.48. The zero-order valence-electron chi connectivity index (χ0n) is 10.2. The van der Waals surface area contributed by atoms with Gasteiger partial charge in [-0.05, 0) is 23.8 Å². The monoisotopic (exact) mass is 240 g/mol. The molecule has 18 heavy (non-hydrogen) atoms. The van der Waals surface area contributed by atoms with Gasteiger partial charge in [-0.3, -0.25) is 0 Å². The SMILES string of the molecule is COc1ccc(-c2ccc3oc(C)nc3c2)cn1. The number of pyridine rings is 1. The molecule has 0 amide bonds. The summed E-state index contributed by atoms with van der Waals surface area (Å²) in [6.45, 7) is 1.84. The van der Waals surface area contributed by atoms with E-state index in [9.17, 15) is 0 Å². The summed E-state index contributed by atoms with van der Waals surface area (Å²) in [5.41, 5.74) is 3.75. The Bertz CT molecular complexity index is 687. The molecule has 0 unspecified atom stereocenters. The van der Waals surface area contributed by atoms with Crippen LogP contribution in [0.15, 0.2) is 40.9 Å². The lowest BCUT2D eigenvalue weighted by Gasteiger charge is -2.02. The molecule has 2 aromatic heterocycles. The average Bonchev–Trinajstić information content (AvgIpc) is 2.78. The standard InChI is InChI=1S/C14H12N2O2/c1-9-16-12-7-10(3-5-13(12)18-9)11-4-6-14(17-2)15-8-11/h3-8H,1-2H3. The minimum atomic E-state index is 0.608. The van der Waals surface area contributed by atoms with Crippen molar-refractivity contribution >= 4 is 11.1 Å². The number of hydrogen-bond acceptors (Lipinski definition) is 4. The van der Waals surface area contributed by atoms with Crippen molar-refractivity contribution < 1.29 is 9.15 Å². The van der Waals surface area contributed by atoms with E-state index in [0.29, 0.717) is 11.8 Å². The van der Waals surface area contributed by atoms with E-state index in [1.165, 1.54) is 0 Å². The van der Waals surface area contributed by atoms with E-state index in [-0.39, 0.29) is 0 Å². The highest BCUT2D eigenvalue weighted by molar-refractivity contribution is 5.80. The van der Waals surface area contributed by atoms with Crippen molar-refractivity contribution in [3.05, 3.63) is 42.4 Å². The molecular weight excluding hydrogens is 228 g/mol. The first-order valence-electron chi connectivity index (χ1n) is 5.64. The maximum Gasteiger partial charge on any atom is 0.212 e. The number of benzene rings is 1. The van der Waals surface area contributed by atoms with E-state index in [1.807, 2.05) is 37.3 Å². The Balaban J connectivity index is 2.06. The Morgan fingerprint density at radius 3 is 2.67 bits per heavy atom. The van der Waals surface area contributed by atoms with Gasteiger partial charge in [0.05, 0.1) is 7.11 Å². The number of nitrogens with zero attached hydrogens (tertiary/aromatic N) is 2. The molecule has 0 aliphatic heterocycles. The van der Waals surface area contributed by atoms with Gasteiger partial charge in [0.2, 0.25) is 5.88 Å². The van der Waals surface area contributed by atoms with Crippen molar-refractivity contribution in [2.24, 2.45) is 0 Å². The first-order valence-corrected chi connectivity index (χ1v) is 5.64. The van der Waals surface area contributed by atoms with Crippen molar-refractivity contribution in [2.75, 3.05) is 7.11 Å². The van der Waals surface area contributed by atoms with Crippen molar-refractivity contribution in [1.82, 2.24) is 9.97 Å². The Labute approximate surface area is 104 Å². The molecule has 3 aromatic rings. The summed E-state index contributed by atoms with van der Waals surface area (Å²) in [7, 11) is 1.60. The molecule has 0 saturated carbocycles. The molecule has 90 valence electrons. The zero-order chi connectivity index (χ0) is 12.5. The molecule has 0 N–H and O–H groups in total. The third kappa shape index (κ3) is 1.82. The van der Waals surface area contributed by atoms with E-state index in [0.717, 1.165) is 22.2 Å². The largest absolute Gasteiger partial charge is 0.481 e. The Hall–Kier alpha value is -2.36. The average molecular weight is 240 g/mol. The number of ether oxygens (including phenoxy) is 1. The quantitative estimate of drug-likeness (QED) is 0.690. The second-order valence-electron chi connectivity index (χ2n) is 4.00. The van der Waals surface area contributed by atoms with Gasteiger partial charge in [-0.1, -0.05) is 6.07 Å². The zero-order valence-corrected chi connectivity index (χ0v) is 10.2. The highest BCUT2D eigenvalue weighted by atomic mass is 16.5. The molecule has 2 heterocycles. The van der Waals surface area contributed by atoms with Crippen LogP contribution in [0, 0.1) is 6.92 Å². The van der Waals surface area contributed by atoms with E-state index in [4.69, 9.17) is 9.15 Å². The Morgan fingerprint density at radius 1 is 1.11 bits per heavy atom. The highest BCUT2D eigenvalue weighted by Gasteiger charge is 2.05. The van der Waals surface area contributed by atoms with Crippen LogP contribution >= 0.6 is 0 Å². The summed E-state index contributed by atoms with van der Waals surface area (Å²) in [5, 5.41) is 0. The molecule has 0 atom stereocenters. The van der Waals surface area contributed by atoms with Crippen LogP contribution in [-0.2, 0) is 0 Å². The first kappa shape index (κ1) is 10.8. The number of fused-ring (bicyclic) bond motifs is 1. The van der Waals surface area contributed by atoms with Crippen molar-refractivity contribution in [3.8, 4) is 17.0 Å². The lowest BCUT2D eigenvalue weighted by molar-refractivity contribution is 0.398. The predicted octanol–water partition coefficient (Wildman–Crippen LogP) is 3.21. The van der Waals surface area contributed by atoms with E-state index in [2.05, 4.69) is 9.97 Å². The van der Waals surface area contributed by atoms with Crippen molar-refractivity contribution in [2.45, 2.75) is 6.92 Å². The van der Waals surface area contributed by atoms with Gasteiger partial charge in [-0.15, -0.1) is 0 Å². The lowest BCUT2D eigenvalue weighted by atomic mass is 10.1. The summed E-state index contributed by atoms with van der Waals surface area (Å²) in [5.74, 6) is 1.28. The van der Waals surface area contributed by atoms with Crippen LogP contribution in [0.2, 0.25) is 0 Å². The van der Waals surface area contributed by atoms with Crippen LogP contribution in [0.25, 0.3) is 22.2 Å². The molecule has 4 nitrogen and oxygen atoms in total. The smallest absolute Gasteiger partial charge is 0.212 e. The fraction of sp³-hybridized carbons (Fsp3) is 0.143. The third-order valence-corrected chi connectivity index (χ3v) is 2.77. The highest BCUT2D eigenvalue weighted by Crippen LogP contribution is 2.25. The third-order valence-electron chi connectivity index (χ3n) is 2.77. The van der Waals surface area contributed by atoms with Gasteiger partial charge in [0.15, 0.2) is 11.5 Å². The molecule has 1 aromatic carbocycles. The Morgan fingerprint density at radius 2 is 1.94 bits per heavy atom. The summed E-state index contributed by atoms with van der Waals surface area (Å²) in [6.07, 6.45) is 1.78. The second-order valence-corrected chi connectivity index (χ2v) is 4.00. The molecule has 0 saturated heterocycles. The van der Waals surface area contributed by atoms with Gasteiger partial charge in [0.1, 0.15) is 5.52 Å². The summed E-state index contributed by atoms with van der Waals surface area (Å²) < 4.78 is 10.5. The molecule has 0 radical (unpaired) electrons. The molecule has 0 bridgehead atoms. The molecular formula is C14H12N2O2. The number of oxazole rings is 1. The number of hydrogen-bond donors (Lipinski definition) is 0. The van der Waals surface area contributed by atoms with Crippen LogP contribution in [-0.4, -0.2) is 17.1 Å². The number of methoxy groups -OCH3 is 1. The van der Waals surface area contributed by atoms with Gasteiger partial charge in [-0.25, -0.2) is 9.97 Å². The molecule has 0 aliphatic rings. The van der Waals surface area contributed by atoms with Gasteiger partial charge >= 0.3 is 0 Å². The normalized spacial score (nSPS) is 10.8. The number of aromatic nitrogens is 2. The van der Waals surface area contributed by atoms with Crippen LogP contribution in [0.5, 0.6) is 5.88 Å². The molecule has 0 aliphatic carbocycles. The fourth-order valence-electron chi connectivity index (χ4n) is 1.89. The van der Waals surface area contributed by atoms with E-state index >= 15 is 0 Å². The summed E-state index contributed by atoms with van der Waals surface area (Å²) in [4.78, 5) is 8.51. The van der Waals surface area contributed by atoms with Gasteiger partial charge in [0, 0.05) is 24.8 Å². The second kappa shape index (κ2) is 4.14. The topological polar surface area (TPSA) is 48.2 Å². The number of rotatable bonds is 2. The summed E-state index contributed by atoms with van der Waals surface area (Å²) in [6, 6.07) is 9.73.